The lowest BCUT2D eigenvalue weighted by molar-refractivity contribution is -0.156. The number of aliphatic hydroxyl groups is 1. The second kappa shape index (κ2) is 12.6. The molecule has 0 bridgehead atoms. The zero-order chi connectivity index (χ0) is 24.5. The molecule has 1 aliphatic heterocycles. The Bertz CT molecular complexity index is 970. The molecule has 1 saturated heterocycles. The highest BCUT2D eigenvalue weighted by Crippen LogP contribution is 2.36. The molecule has 6 nitrogen and oxygen atoms in total. The van der Waals surface area contributed by atoms with Gasteiger partial charge in [0.05, 0.1) is 32.3 Å². The molecule has 3 rings (SSSR count). The molecular formula is C27H33FO6. The number of aliphatic hydroxyl groups excluding tert-OH is 1. The minimum atomic E-state index is -0.709. The highest BCUT2D eigenvalue weighted by molar-refractivity contribution is 5.79. The lowest BCUT2D eigenvalue weighted by Gasteiger charge is -2.24. The normalized spacial score (nSPS) is 18.5. The smallest absolute Gasteiger partial charge is 0.309 e. The summed E-state index contributed by atoms with van der Waals surface area (Å²) < 4.78 is 35.4. The van der Waals surface area contributed by atoms with Crippen molar-refractivity contribution in [3.8, 4) is 16.9 Å². The van der Waals surface area contributed by atoms with Crippen LogP contribution in [-0.2, 0) is 19.0 Å². The van der Waals surface area contributed by atoms with Crippen LogP contribution in [0.25, 0.3) is 17.2 Å². The minimum Gasteiger partial charge on any atom is -0.491 e. The molecule has 184 valence electrons. The molecule has 0 amide bonds. The predicted octanol–water partition coefficient (Wildman–Crippen LogP) is 4.74. The summed E-state index contributed by atoms with van der Waals surface area (Å²) in [5.41, 5.74) is 3.68. The Hall–Kier alpha value is -2.74. The van der Waals surface area contributed by atoms with Gasteiger partial charge in [0.1, 0.15) is 24.3 Å². The van der Waals surface area contributed by atoms with E-state index in [2.05, 4.69) is 13.8 Å². The van der Waals surface area contributed by atoms with Crippen molar-refractivity contribution in [1.29, 1.82) is 0 Å². The first-order chi connectivity index (χ1) is 16.4. The standard InChI is InChI=1S/C27H33FO6/c1-18(2)25-16-23(33-13-12-32-11-10-31-3)17-26(19-4-6-20(28)7-5-19)24(25)9-8-22-14-21(29)15-27(30)34-22/h4-9,16-18,21-22,29H,10-15H2,1-3H3/b9-8+/t21-,22-/m0/s1. The van der Waals surface area contributed by atoms with Crippen molar-refractivity contribution in [2.75, 3.05) is 33.5 Å². The SMILES string of the molecule is COCCOCCOc1cc(-c2ccc(F)cc2)c(/C=C/[C@H]2C[C@H](O)CC(=O)O2)c(C(C)C)c1. The number of carbonyl (C=O) groups is 1. The van der Waals surface area contributed by atoms with E-state index in [0.29, 0.717) is 38.6 Å². The lowest BCUT2D eigenvalue weighted by atomic mass is 9.89. The Morgan fingerprint density at radius 1 is 1.15 bits per heavy atom. The minimum absolute atomic E-state index is 0.0175. The van der Waals surface area contributed by atoms with Gasteiger partial charge in [-0.3, -0.25) is 4.79 Å². The summed E-state index contributed by atoms with van der Waals surface area (Å²) >= 11 is 0. The molecule has 1 heterocycles. The van der Waals surface area contributed by atoms with Crippen molar-refractivity contribution < 1.29 is 33.2 Å². The fourth-order valence-electron chi connectivity index (χ4n) is 3.86. The number of benzene rings is 2. The number of methoxy groups -OCH3 is 1. The fourth-order valence-corrected chi connectivity index (χ4v) is 3.86. The van der Waals surface area contributed by atoms with Crippen LogP contribution in [0.3, 0.4) is 0 Å². The molecule has 1 N–H and O–H groups in total. The summed E-state index contributed by atoms with van der Waals surface area (Å²) in [6.45, 7) is 6.02. The van der Waals surface area contributed by atoms with Gasteiger partial charge in [-0.2, -0.15) is 0 Å². The summed E-state index contributed by atoms with van der Waals surface area (Å²) in [5.74, 6) is 0.135. The van der Waals surface area contributed by atoms with Crippen LogP contribution >= 0.6 is 0 Å². The number of halogens is 1. The molecule has 0 aromatic heterocycles. The van der Waals surface area contributed by atoms with Crippen LogP contribution in [0.1, 0.15) is 43.7 Å². The Morgan fingerprint density at radius 2 is 1.88 bits per heavy atom. The van der Waals surface area contributed by atoms with Crippen molar-refractivity contribution in [3.05, 3.63) is 59.4 Å². The largest absolute Gasteiger partial charge is 0.491 e. The van der Waals surface area contributed by atoms with Crippen LogP contribution < -0.4 is 4.74 Å². The van der Waals surface area contributed by atoms with E-state index in [1.165, 1.54) is 12.1 Å². The van der Waals surface area contributed by atoms with Gasteiger partial charge in [-0.1, -0.05) is 32.1 Å². The van der Waals surface area contributed by atoms with Gasteiger partial charge in [-0.15, -0.1) is 0 Å². The summed E-state index contributed by atoms with van der Waals surface area (Å²) in [4.78, 5) is 11.7. The second-order valence-electron chi connectivity index (χ2n) is 8.57. The van der Waals surface area contributed by atoms with Gasteiger partial charge < -0.3 is 24.1 Å². The zero-order valence-corrected chi connectivity index (χ0v) is 20.0. The molecule has 1 fully saturated rings. The molecule has 2 aromatic carbocycles. The van der Waals surface area contributed by atoms with Crippen LogP contribution in [0.15, 0.2) is 42.5 Å². The van der Waals surface area contributed by atoms with E-state index in [1.807, 2.05) is 18.2 Å². The Morgan fingerprint density at radius 3 is 2.56 bits per heavy atom. The molecule has 2 aromatic rings. The molecule has 0 aliphatic carbocycles. The average molecular weight is 473 g/mol. The number of esters is 1. The van der Waals surface area contributed by atoms with E-state index in [0.717, 1.165) is 22.3 Å². The summed E-state index contributed by atoms with van der Waals surface area (Å²) in [6.07, 6.45) is 2.88. The predicted molar refractivity (Wildman–Crippen MR) is 128 cm³/mol. The van der Waals surface area contributed by atoms with Crippen molar-refractivity contribution in [2.45, 2.75) is 44.8 Å². The van der Waals surface area contributed by atoms with E-state index in [1.54, 1.807) is 25.3 Å². The summed E-state index contributed by atoms with van der Waals surface area (Å²) in [5, 5.41) is 9.93. The second-order valence-corrected chi connectivity index (χ2v) is 8.57. The van der Waals surface area contributed by atoms with E-state index < -0.39 is 18.2 Å². The Kier molecular flexibility index (Phi) is 9.62. The van der Waals surface area contributed by atoms with Gasteiger partial charge in [0, 0.05) is 13.5 Å². The quantitative estimate of drug-likeness (QED) is 0.376. The van der Waals surface area contributed by atoms with Crippen molar-refractivity contribution >= 4 is 12.0 Å². The van der Waals surface area contributed by atoms with Crippen LogP contribution in [0.5, 0.6) is 5.75 Å². The Balaban J connectivity index is 1.92. The van der Waals surface area contributed by atoms with Crippen LogP contribution in [0.4, 0.5) is 4.39 Å². The number of hydrogen-bond donors (Lipinski definition) is 1. The maximum atomic E-state index is 13.6. The van der Waals surface area contributed by atoms with Gasteiger partial charge in [0.2, 0.25) is 0 Å². The number of cyclic esters (lactones) is 1. The first kappa shape index (κ1) is 25.9. The number of carbonyl (C=O) groups excluding carboxylic acids is 1. The van der Waals surface area contributed by atoms with Crippen LogP contribution in [0.2, 0.25) is 0 Å². The van der Waals surface area contributed by atoms with Gasteiger partial charge >= 0.3 is 5.97 Å². The van der Waals surface area contributed by atoms with E-state index in [-0.39, 0.29) is 18.2 Å². The highest BCUT2D eigenvalue weighted by Gasteiger charge is 2.25. The third kappa shape index (κ3) is 7.38. The molecule has 0 saturated carbocycles. The molecule has 0 radical (unpaired) electrons. The van der Waals surface area contributed by atoms with E-state index >= 15 is 0 Å². The van der Waals surface area contributed by atoms with Crippen molar-refractivity contribution in [2.24, 2.45) is 0 Å². The molecule has 0 unspecified atom stereocenters. The third-order valence-corrected chi connectivity index (χ3v) is 5.56. The maximum absolute atomic E-state index is 13.6. The zero-order valence-electron chi connectivity index (χ0n) is 20.0. The molecular weight excluding hydrogens is 439 g/mol. The topological polar surface area (TPSA) is 74.2 Å². The monoisotopic (exact) mass is 472 g/mol. The molecule has 1 aliphatic rings. The van der Waals surface area contributed by atoms with Gasteiger partial charge in [-0.25, -0.2) is 4.39 Å². The Labute approximate surface area is 200 Å². The van der Waals surface area contributed by atoms with Crippen molar-refractivity contribution in [1.82, 2.24) is 0 Å². The molecule has 34 heavy (non-hydrogen) atoms. The maximum Gasteiger partial charge on any atom is 0.309 e. The lowest BCUT2D eigenvalue weighted by Crippen LogP contribution is -2.31. The molecule has 7 heteroatoms. The number of hydrogen-bond acceptors (Lipinski definition) is 6. The first-order valence-corrected chi connectivity index (χ1v) is 11.6. The van der Waals surface area contributed by atoms with Gasteiger partial charge in [0.15, 0.2) is 0 Å². The fraction of sp³-hybridized carbons (Fsp3) is 0.444. The first-order valence-electron chi connectivity index (χ1n) is 11.6. The third-order valence-electron chi connectivity index (χ3n) is 5.56. The molecule has 2 atom stereocenters. The van der Waals surface area contributed by atoms with Crippen LogP contribution in [-0.4, -0.2) is 56.8 Å². The summed E-state index contributed by atoms with van der Waals surface area (Å²) in [6, 6.07) is 10.2. The number of rotatable bonds is 11. The van der Waals surface area contributed by atoms with Gasteiger partial charge in [0.25, 0.3) is 0 Å². The van der Waals surface area contributed by atoms with Crippen molar-refractivity contribution in [3.63, 3.8) is 0 Å². The molecule has 0 spiro atoms. The van der Waals surface area contributed by atoms with E-state index in [4.69, 9.17) is 18.9 Å². The highest BCUT2D eigenvalue weighted by atomic mass is 19.1. The summed E-state index contributed by atoms with van der Waals surface area (Å²) in [7, 11) is 1.63. The average Bonchev–Trinajstić information content (AvgIpc) is 2.79. The van der Waals surface area contributed by atoms with Gasteiger partial charge in [-0.05, 0) is 58.5 Å². The number of ether oxygens (including phenoxy) is 4. The van der Waals surface area contributed by atoms with Crippen LogP contribution in [0, 0.1) is 5.82 Å². The van der Waals surface area contributed by atoms with E-state index in [9.17, 15) is 14.3 Å².